The van der Waals surface area contributed by atoms with Gasteiger partial charge in [-0.1, -0.05) is 36.7 Å². The molecule has 5 nitrogen and oxygen atoms in total. The Bertz CT molecular complexity index is 542. The van der Waals surface area contributed by atoms with Gasteiger partial charge in [0.2, 0.25) is 11.8 Å². The Hall–Kier alpha value is -1.59. The number of piperazine rings is 1. The first-order valence-electron chi connectivity index (χ1n) is 8.10. The van der Waals surface area contributed by atoms with Crippen LogP contribution >= 0.6 is 11.6 Å². The number of nitrogens with one attached hydrogen (secondary N) is 1. The number of hydrogen-bond donors (Lipinski definition) is 1. The van der Waals surface area contributed by atoms with Crippen LogP contribution in [0.25, 0.3) is 0 Å². The molecule has 0 radical (unpaired) electrons. The van der Waals surface area contributed by atoms with Crippen molar-refractivity contribution in [2.45, 2.75) is 19.8 Å². The average Bonchev–Trinajstić information content (AvgIpc) is 2.55. The van der Waals surface area contributed by atoms with Gasteiger partial charge in [-0.15, -0.1) is 0 Å². The van der Waals surface area contributed by atoms with E-state index in [2.05, 4.69) is 10.2 Å². The molecule has 1 N–H and O–H groups in total. The zero-order valence-electron chi connectivity index (χ0n) is 13.6. The summed E-state index contributed by atoms with van der Waals surface area (Å²) in [6.45, 7) is 5.93. The summed E-state index contributed by atoms with van der Waals surface area (Å²) < 4.78 is 0. The van der Waals surface area contributed by atoms with Gasteiger partial charge in [0.15, 0.2) is 0 Å². The van der Waals surface area contributed by atoms with Crippen molar-refractivity contribution in [1.82, 2.24) is 15.1 Å². The Kier molecular flexibility index (Phi) is 6.86. The Morgan fingerprint density at radius 3 is 2.52 bits per heavy atom. The second-order valence-electron chi connectivity index (χ2n) is 5.78. The van der Waals surface area contributed by atoms with Crippen LogP contribution in [0.4, 0.5) is 0 Å². The summed E-state index contributed by atoms with van der Waals surface area (Å²) in [6, 6.07) is 7.44. The first-order chi connectivity index (χ1) is 11.1. The quantitative estimate of drug-likeness (QED) is 0.857. The number of carbonyl (C=O) groups excluding carboxylic acids is 2. The van der Waals surface area contributed by atoms with E-state index in [1.165, 1.54) is 0 Å². The topological polar surface area (TPSA) is 52.7 Å². The van der Waals surface area contributed by atoms with Crippen LogP contribution in [0.5, 0.6) is 0 Å². The van der Waals surface area contributed by atoms with Gasteiger partial charge >= 0.3 is 0 Å². The number of halogens is 1. The van der Waals surface area contributed by atoms with Crippen LogP contribution in [0.15, 0.2) is 24.3 Å². The van der Waals surface area contributed by atoms with Gasteiger partial charge in [0, 0.05) is 37.7 Å². The summed E-state index contributed by atoms with van der Waals surface area (Å²) in [6.07, 6.45) is 1.27. The molecule has 1 heterocycles. The standard InChI is InChI=1S/C17H24ClN3O2/c1-2-7-19-16(22)13-20-8-10-21(11-9-20)17(23)12-14-5-3-4-6-15(14)18/h3-6H,2,7-13H2,1H3,(H,19,22). The molecule has 1 fully saturated rings. The number of amides is 2. The van der Waals surface area contributed by atoms with Crippen molar-refractivity contribution in [1.29, 1.82) is 0 Å². The second kappa shape index (κ2) is 8.89. The van der Waals surface area contributed by atoms with Gasteiger partial charge in [-0.05, 0) is 18.1 Å². The summed E-state index contributed by atoms with van der Waals surface area (Å²) in [4.78, 5) is 28.0. The molecule has 0 saturated carbocycles. The van der Waals surface area contributed by atoms with Crippen molar-refractivity contribution in [2.24, 2.45) is 0 Å². The molecule has 126 valence electrons. The fourth-order valence-corrected chi connectivity index (χ4v) is 2.80. The van der Waals surface area contributed by atoms with Crippen LogP contribution in [0.3, 0.4) is 0 Å². The van der Waals surface area contributed by atoms with Crippen LogP contribution in [0, 0.1) is 0 Å². The number of benzene rings is 1. The molecule has 0 unspecified atom stereocenters. The molecule has 0 bridgehead atoms. The molecule has 1 aromatic carbocycles. The maximum absolute atomic E-state index is 12.4. The molecule has 1 aliphatic rings. The van der Waals surface area contributed by atoms with Crippen LogP contribution in [0.1, 0.15) is 18.9 Å². The van der Waals surface area contributed by atoms with E-state index in [9.17, 15) is 9.59 Å². The second-order valence-corrected chi connectivity index (χ2v) is 6.18. The van der Waals surface area contributed by atoms with Crippen LogP contribution < -0.4 is 5.32 Å². The van der Waals surface area contributed by atoms with Crippen LogP contribution in [-0.4, -0.2) is 60.9 Å². The molecular weight excluding hydrogens is 314 g/mol. The van der Waals surface area contributed by atoms with Crippen molar-refractivity contribution < 1.29 is 9.59 Å². The number of rotatable bonds is 6. The summed E-state index contributed by atoms with van der Waals surface area (Å²) in [5.41, 5.74) is 0.862. The third-order valence-electron chi connectivity index (χ3n) is 3.96. The minimum Gasteiger partial charge on any atom is -0.355 e. The van der Waals surface area contributed by atoms with Gasteiger partial charge in [-0.3, -0.25) is 14.5 Å². The Labute approximate surface area is 142 Å². The van der Waals surface area contributed by atoms with Crippen molar-refractivity contribution in [3.05, 3.63) is 34.9 Å². The largest absolute Gasteiger partial charge is 0.355 e. The Morgan fingerprint density at radius 1 is 1.17 bits per heavy atom. The maximum atomic E-state index is 12.4. The van der Waals surface area contributed by atoms with E-state index < -0.39 is 0 Å². The molecule has 2 rings (SSSR count). The van der Waals surface area contributed by atoms with E-state index in [0.29, 0.717) is 31.1 Å². The maximum Gasteiger partial charge on any atom is 0.234 e. The van der Waals surface area contributed by atoms with E-state index in [1.807, 2.05) is 30.0 Å². The number of hydrogen-bond acceptors (Lipinski definition) is 3. The lowest BCUT2D eigenvalue weighted by molar-refractivity contribution is -0.132. The van der Waals surface area contributed by atoms with Crippen molar-refractivity contribution in [3.8, 4) is 0 Å². The first-order valence-corrected chi connectivity index (χ1v) is 8.48. The van der Waals surface area contributed by atoms with Gasteiger partial charge in [0.1, 0.15) is 0 Å². The molecule has 0 aromatic heterocycles. The van der Waals surface area contributed by atoms with Gasteiger partial charge in [-0.2, -0.15) is 0 Å². The van der Waals surface area contributed by atoms with Gasteiger partial charge in [-0.25, -0.2) is 0 Å². The minimum absolute atomic E-state index is 0.0580. The lowest BCUT2D eigenvalue weighted by Gasteiger charge is -2.34. The van der Waals surface area contributed by atoms with E-state index in [-0.39, 0.29) is 11.8 Å². The first kappa shape index (κ1) is 17.8. The molecule has 1 saturated heterocycles. The summed E-state index contributed by atoms with van der Waals surface area (Å²) in [5.74, 6) is 0.149. The average molecular weight is 338 g/mol. The van der Waals surface area contributed by atoms with Crippen molar-refractivity contribution in [2.75, 3.05) is 39.3 Å². The third kappa shape index (κ3) is 5.52. The number of carbonyl (C=O) groups is 2. The monoisotopic (exact) mass is 337 g/mol. The van der Waals surface area contributed by atoms with Crippen LogP contribution in [-0.2, 0) is 16.0 Å². The number of nitrogens with zero attached hydrogens (tertiary/aromatic N) is 2. The minimum atomic E-state index is 0.0580. The van der Waals surface area contributed by atoms with Gasteiger partial charge < -0.3 is 10.2 Å². The fraction of sp³-hybridized carbons (Fsp3) is 0.529. The highest BCUT2D eigenvalue weighted by molar-refractivity contribution is 6.31. The molecule has 0 spiro atoms. The normalized spacial score (nSPS) is 15.5. The van der Waals surface area contributed by atoms with Gasteiger partial charge in [0.05, 0.1) is 13.0 Å². The Morgan fingerprint density at radius 2 is 1.87 bits per heavy atom. The molecular formula is C17H24ClN3O2. The van der Waals surface area contributed by atoms with Crippen molar-refractivity contribution >= 4 is 23.4 Å². The molecule has 2 amide bonds. The molecule has 1 aliphatic heterocycles. The zero-order chi connectivity index (χ0) is 16.7. The Balaban J connectivity index is 1.76. The fourth-order valence-electron chi connectivity index (χ4n) is 2.60. The SMILES string of the molecule is CCCNC(=O)CN1CCN(C(=O)Cc2ccccc2Cl)CC1. The molecule has 6 heteroatoms. The lowest BCUT2D eigenvalue weighted by Crippen LogP contribution is -2.51. The summed E-state index contributed by atoms with van der Waals surface area (Å²) >= 11 is 6.11. The van der Waals surface area contributed by atoms with Crippen LogP contribution in [0.2, 0.25) is 5.02 Å². The molecule has 23 heavy (non-hydrogen) atoms. The third-order valence-corrected chi connectivity index (χ3v) is 4.33. The predicted molar refractivity (Wildman–Crippen MR) is 91.5 cm³/mol. The van der Waals surface area contributed by atoms with E-state index >= 15 is 0 Å². The highest BCUT2D eigenvalue weighted by atomic mass is 35.5. The molecule has 0 aliphatic carbocycles. The highest BCUT2D eigenvalue weighted by Crippen LogP contribution is 2.16. The highest BCUT2D eigenvalue weighted by Gasteiger charge is 2.22. The van der Waals surface area contributed by atoms with E-state index in [0.717, 1.165) is 31.6 Å². The predicted octanol–water partition coefficient (Wildman–Crippen LogP) is 1.55. The summed E-state index contributed by atoms with van der Waals surface area (Å²) in [7, 11) is 0. The van der Waals surface area contributed by atoms with E-state index in [1.54, 1.807) is 6.07 Å². The van der Waals surface area contributed by atoms with Crippen molar-refractivity contribution in [3.63, 3.8) is 0 Å². The molecule has 1 aromatic rings. The van der Waals surface area contributed by atoms with E-state index in [4.69, 9.17) is 11.6 Å². The smallest absolute Gasteiger partial charge is 0.234 e. The molecule has 0 atom stereocenters. The summed E-state index contributed by atoms with van der Waals surface area (Å²) in [5, 5.41) is 3.51. The lowest BCUT2D eigenvalue weighted by atomic mass is 10.1. The van der Waals surface area contributed by atoms with Gasteiger partial charge in [0.25, 0.3) is 0 Å². The zero-order valence-corrected chi connectivity index (χ0v) is 14.3.